The van der Waals surface area contributed by atoms with E-state index < -0.39 is 39.1 Å². The van der Waals surface area contributed by atoms with Crippen LogP contribution in [0.4, 0.5) is 39.5 Å². The first-order valence-electron chi connectivity index (χ1n) is 5.45. The molecule has 1 rings (SSSR count). The molecule has 0 N–H and O–H groups in total. The van der Waals surface area contributed by atoms with E-state index in [2.05, 4.69) is 30.0 Å². The normalized spacial score (nSPS) is 13.8. The molecule has 0 unspecified atom stereocenters. The zero-order valence-electron chi connectivity index (χ0n) is 11.4. The molecule has 0 aromatic heterocycles. The molecule has 3 nitrogen and oxygen atoms in total. The Morgan fingerprint density at radius 3 is 1.64 bits per heavy atom. The number of hydrogen-bond donors (Lipinski definition) is 0. The van der Waals surface area contributed by atoms with Crippen LogP contribution in [0.5, 0.6) is 5.75 Å². The van der Waals surface area contributed by atoms with Crippen LogP contribution in [0.25, 0.3) is 0 Å². The fourth-order valence-electron chi connectivity index (χ4n) is 1.12. The van der Waals surface area contributed by atoms with Crippen molar-refractivity contribution in [3.8, 4) is 5.75 Å². The molecule has 0 bridgehead atoms. The summed E-state index contributed by atoms with van der Waals surface area (Å²) in [6.07, 6.45) is -7.13. The van der Waals surface area contributed by atoms with E-state index in [0.717, 1.165) is 12.1 Å². The molecule has 0 saturated heterocycles. The van der Waals surface area contributed by atoms with E-state index in [4.69, 9.17) is 0 Å². The summed E-state index contributed by atoms with van der Waals surface area (Å²) in [6.45, 7) is 0. The molecule has 0 heterocycles. The van der Waals surface area contributed by atoms with E-state index in [9.17, 15) is 47.9 Å². The Balaban J connectivity index is 0.00000277. The summed E-state index contributed by atoms with van der Waals surface area (Å²) in [6, 6.07) is 5.25. The molecule has 0 atom stereocenters. The van der Waals surface area contributed by atoms with Gasteiger partial charge in [-0.05, 0) is 0 Å². The summed E-state index contributed by atoms with van der Waals surface area (Å²) in [7, 11) is -6.89. The number of halogens is 10. The molecule has 0 aliphatic rings. The van der Waals surface area contributed by atoms with Crippen LogP contribution in [0.1, 0.15) is 0 Å². The first-order valence-corrected chi connectivity index (χ1v) is 15.9. The van der Waals surface area contributed by atoms with E-state index in [-0.39, 0.29) is 0 Å². The molecule has 0 fully saturated rings. The second kappa shape index (κ2) is 8.15. The van der Waals surface area contributed by atoms with Gasteiger partial charge in [0.15, 0.2) is 0 Å². The fraction of sp³-hybridized carbons (Fsp3) is 0.400. The molecule has 0 aliphatic heterocycles. The Morgan fingerprint density at radius 2 is 1.28 bits per heavy atom. The van der Waals surface area contributed by atoms with Crippen molar-refractivity contribution in [2.75, 3.05) is 0 Å². The molecular weight excluding hydrogens is 563 g/mol. The predicted octanol–water partition coefficient (Wildman–Crippen LogP) is 4.50. The Morgan fingerprint density at radius 1 is 0.880 bits per heavy atom. The van der Waals surface area contributed by atoms with Crippen LogP contribution in [-0.2, 0) is 24.9 Å². The molecule has 25 heavy (non-hydrogen) atoms. The maximum atomic E-state index is 13.2. The SMILES string of the molecule is O=S(=O)(Oc1cc[c-]cc1)C(F)(F)C(F)(F)C(F)(F)C(F)(F)F.[Zn+][I]. The first-order chi connectivity index (χ1) is 11.1. The molecule has 15 heteroatoms. The van der Waals surface area contributed by atoms with E-state index in [0.29, 0.717) is 12.1 Å². The summed E-state index contributed by atoms with van der Waals surface area (Å²) in [5.41, 5.74) is 0. The van der Waals surface area contributed by atoms with Crippen molar-refractivity contribution in [1.82, 2.24) is 0 Å². The van der Waals surface area contributed by atoms with Gasteiger partial charge in [0.2, 0.25) is 0 Å². The third-order valence-electron chi connectivity index (χ3n) is 2.32. The van der Waals surface area contributed by atoms with Crippen molar-refractivity contribution in [2.45, 2.75) is 23.3 Å². The van der Waals surface area contributed by atoms with Crippen molar-refractivity contribution < 1.29 is 66.9 Å². The second-order valence-corrected chi connectivity index (χ2v) is 5.52. The molecular formula is C10H4F9IO3SZn. The molecule has 0 aliphatic carbocycles. The van der Waals surface area contributed by atoms with Gasteiger partial charge in [0.1, 0.15) is 0 Å². The number of benzene rings is 1. The molecule has 1 aromatic rings. The van der Waals surface area contributed by atoms with Gasteiger partial charge >= 0.3 is 67.9 Å². The molecule has 0 amide bonds. The van der Waals surface area contributed by atoms with Gasteiger partial charge in [-0.3, -0.25) is 0 Å². The Bertz CT molecular complexity index is 664. The summed E-state index contributed by atoms with van der Waals surface area (Å²) in [4.78, 5) is 0. The summed E-state index contributed by atoms with van der Waals surface area (Å²) in [5.74, 6) is -15.7. The van der Waals surface area contributed by atoms with Gasteiger partial charge in [0, 0.05) is 5.75 Å². The standard InChI is InChI=1S/C10H4F9O3S.HI.Zn/c11-7(12,9(15,16)17)8(13,14)10(18,19)23(20,21)22-6-4-2-1-3-5-6;;/h2-5H;1H;/q-1;;+2/p-1. The van der Waals surface area contributed by atoms with Gasteiger partial charge in [-0.15, -0.1) is 12.1 Å². The van der Waals surface area contributed by atoms with Gasteiger partial charge in [-0.2, -0.15) is 66.1 Å². The number of alkyl halides is 9. The topological polar surface area (TPSA) is 43.4 Å². The third-order valence-corrected chi connectivity index (χ3v) is 3.62. The van der Waals surface area contributed by atoms with Crippen molar-refractivity contribution in [3.63, 3.8) is 0 Å². The number of rotatable bonds is 5. The van der Waals surface area contributed by atoms with Gasteiger partial charge < -0.3 is 4.18 Å². The molecule has 140 valence electrons. The van der Waals surface area contributed by atoms with Crippen LogP contribution in [0, 0.1) is 6.07 Å². The van der Waals surface area contributed by atoms with Gasteiger partial charge in [-0.1, -0.05) is 0 Å². The Kier molecular flexibility index (Phi) is 8.05. The van der Waals surface area contributed by atoms with Gasteiger partial charge in [-0.25, -0.2) is 0 Å². The van der Waals surface area contributed by atoms with E-state index in [1.165, 1.54) is 14.8 Å². The maximum absolute atomic E-state index is 13.2. The predicted molar refractivity (Wildman–Crippen MR) is 69.7 cm³/mol. The summed E-state index contributed by atoms with van der Waals surface area (Å²) >= 11 is 3.62. The van der Waals surface area contributed by atoms with Crippen molar-refractivity contribution in [1.29, 1.82) is 0 Å². The van der Waals surface area contributed by atoms with Crippen LogP contribution in [0.2, 0.25) is 0 Å². The second-order valence-electron chi connectivity index (χ2n) is 3.94. The third kappa shape index (κ3) is 4.70. The van der Waals surface area contributed by atoms with Gasteiger partial charge in [0.05, 0.1) is 0 Å². The average molecular weight is 567 g/mol. The van der Waals surface area contributed by atoms with E-state index in [1.54, 1.807) is 0 Å². The van der Waals surface area contributed by atoms with E-state index >= 15 is 0 Å². The molecule has 0 spiro atoms. The van der Waals surface area contributed by atoms with Crippen molar-refractivity contribution in [3.05, 3.63) is 30.3 Å². The minimum absolute atomic E-state index is 0.619. The fourth-order valence-corrected chi connectivity index (χ4v) is 2.04. The Labute approximate surface area is 155 Å². The monoisotopic (exact) mass is 566 g/mol. The zero-order valence-corrected chi connectivity index (χ0v) is 17.4. The van der Waals surface area contributed by atoms with Gasteiger partial charge in [0.25, 0.3) is 0 Å². The first kappa shape index (κ1) is 24.7. The quantitative estimate of drug-likeness (QED) is 0.173. The molecule has 1 aromatic carbocycles. The van der Waals surface area contributed by atoms with E-state index in [1.807, 2.05) is 0 Å². The van der Waals surface area contributed by atoms with Crippen LogP contribution in [0.3, 0.4) is 0 Å². The molecule has 0 saturated carbocycles. The zero-order chi connectivity index (χ0) is 20.3. The average Bonchev–Trinajstić information content (AvgIpc) is 2.48. The summed E-state index contributed by atoms with van der Waals surface area (Å²) < 4.78 is 139. The van der Waals surface area contributed by atoms with Crippen molar-refractivity contribution in [2.24, 2.45) is 0 Å². The van der Waals surface area contributed by atoms with Crippen molar-refractivity contribution >= 4 is 29.9 Å². The van der Waals surface area contributed by atoms with Crippen LogP contribution in [-0.4, -0.2) is 31.7 Å². The van der Waals surface area contributed by atoms with Crippen LogP contribution in [0.15, 0.2) is 24.3 Å². The minimum atomic E-state index is -7.33. The molecule has 0 radical (unpaired) electrons. The van der Waals surface area contributed by atoms with Crippen LogP contribution >= 0.6 is 19.8 Å². The number of hydrogen-bond acceptors (Lipinski definition) is 3. The van der Waals surface area contributed by atoms with Crippen LogP contribution < -0.4 is 4.18 Å². The Hall–Kier alpha value is -0.307. The summed E-state index contributed by atoms with van der Waals surface area (Å²) in [5, 5.41) is -6.88.